The average molecular weight is 545 g/mol. The first-order chi connectivity index (χ1) is 17.2. The zero-order valence-electron chi connectivity index (χ0n) is 20.2. The van der Waals surface area contributed by atoms with Crippen molar-refractivity contribution in [1.82, 2.24) is 9.80 Å². The molecule has 3 heterocycles. The molecule has 188 valence electrons. The summed E-state index contributed by atoms with van der Waals surface area (Å²) in [6.07, 6.45) is 1.14. The van der Waals surface area contributed by atoms with E-state index in [0.717, 1.165) is 22.0 Å². The Balaban J connectivity index is 1.60. The van der Waals surface area contributed by atoms with Gasteiger partial charge in [-0.3, -0.25) is 9.79 Å². The molecule has 36 heavy (non-hydrogen) atoms. The summed E-state index contributed by atoms with van der Waals surface area (Å²) in [7, 11) is 0. The number of carboxylic acids is 1. The molecule has 0 unspecified atom stereocenters. The summed E-state index contributed by atoms with van der Waals surface area (Å²) < 4.78 is 0. The SMILES string of the molecule is CC(C)C1=C(C(=O)N2[C@H](C)CC[C@H]2C(=O)O)SC2=N[C@@H](c3ccc(Cl)cc3)[C@@H](c3ccc(Cl)cc3)N21. The van der Waals surface area contributed by atoms with E-state index in [1.807, 2.05) is 55.5 Å². The minimum atomic E-state index is -0.956. The molecule has 1 N–H and O–H groups in total. The van der Waals surface area contributed by atoms with Crippen LogP contribution in [0.25, 0.3) is 0 Å². The zero-order valence-corrected chi connectivity index (χ0v) is 22.5. The highest BCUT2D eigenvalue weighted by Gasteiger charge is 2.49. The second-order valence-electron chi connectivity index (χ2n) is 9.74. The Morgan fingerprint density at radius 3 is 2.14 bits per heavy atom. The lowest BCUT2D eigenvalue weighted by Gasteiger charge is -2.32. The fourth-order valence-corrected chi connectivity index (χ4v) is 6.92. The number of carbonyl (C=O) groups is 2. The van der Waals surface area contributed by atoms with Crippen molar-refractivity contribution in [2.45, 2.75) is 57.8 Å². The van der Waals surface area contributed by atoms with E-state index >= 15 is 0 Å². The fourth-order valence-electron chi connectivity index (χ4n) is 5.38. The first-order valence-electron chi connectivity index (χ1n) is 12.0. The molecule has 0 aromatic heterocycles. The van der Waals surface area contributed by atoms with E-state index < -0.39 is 12.0 Å². The molecule has 0 bridgehead atoms. The van der Waals surface area contributed by atoms with E-state index in [4.69, 9.17) is 28.2 Å². The van der Waals surface area contributed by atoms with E-state index in [1.165, 1.54) is 11.8 Å². The molecule has 3 aliphatic heterocycles. The number of fused-ring (bicyclic) bond motifs is 1. The van der Waals surface area contributed by atoms with E-state index in [1.54, 1.807) is 4.90 Å². The van der Waals surface area contributed by atoms with Crippen molar-refractivity contribution >= 4 is 52.0 Å². The van der Waals surface area contributed by atoms with Gasteiger partial charge in [-0.25, -0.2) is 4.79 Å². The molecule has 2 aromatic carbocycles. The highest BCUT2D eigenvalue weighted by Crippen LogP contribution is 2.54. The number of aliphatic imine (C=N–C) groups is 1. The van der Waals surface area contributed by atoms with Gasteiger partial charge in [-0.05, 0) is 72.8 Å². The van der Waals surface area contributed by atoms with Crippen molar-refractivity contribution in [1.29, 1.82) is 0 Å². The summed E-state index contributed by atoms with van der Waals surface area (Å²) in [4.78, 5) is 35.1. The van der Waals surface area contributed by atoms with Crippen LogP contribution in [0.5, 0.6) is 0 Å². The van der Waals surface area contributed by atoms with Crippen molar-refractivity contribution in [3.63, 3.8) is 0 Å². The minimum absolute atomic E-state index is 0.0177. The number of aliphatic carboxylic acids is 1. The maximum Gasteiger partial charge on any atom is 0.326 e. The van der Waals surface area contributed by atoms with Gasteiger partial charge in [-0.2, -0.15) is 0 Å². The molecule has 0 radical (unpaired) electrons. The van der Waals surface area contributed by atoms with Crippen LogP contribution >= 0.6 is 35.0 Å². The molecule has 1 saturated heterocycles. The molecular weight excluding hydrogens is 517 g/mol. The number of hydrogen-bond donors (Lipinski definition) is 1. The number of rotatable bonds is 5. The number of allylic oxidation sites excluding steroid dienone is 1. The Labute approximate surface area is 225 Å². The number of nitrogens with zero attached hydrogens (tertiary/aromatic N) is 3. The third kappa shape index (κ3) is 4.31. The Kier molecular flexibility index (Phi) is 6.83. The zero-order chi connectivity index (χ0) is 25.7. The molecule has 0 aliphatic carbocycles. The van der Waals surface area contributed by atoms with Crippen LogP contribution in [0.1, 0.15) is 56.8 Å². The lowest BCUT2D eigenvalue weighted by molar-refractivity contribution is -0.147. The van der Waals surface area contributed by atoms with Crippen LogP contribution in [-0.4, -0.2) is 44.0 Å². The quantitative estimate of drug-likeness (QED) is 0.464. The lowest BCUT2D eigenvalue weighted by atomic mass is 9.92. The van der Waals surface area contributed by atoms with Crippen LogP contribution in [0.2, 0.25) is 10.0 Å². The van der Waals surface area contributed by atoms with Gasteiger partial charge in [0, 0.05) is 21.8 Å². The monoisotopic (exact) mass is 543 g/mol. The van der Waals surface area contributed by atoms with E-state index in [-0.39, 0.29) is 30.0 Å². The highest BCUT2D eigenvalue weighted by atomic mass is 35.5. The van der Waals surface area contributed by atoms with Crippen molar-refractivity contribution in [2.24, 2.45) is 10.9 Å². The van der Waals surface area contributed by atoms with Crippen LogP contribution in [0.4, 0.5) is 0 Å². The second-order valence-corrected chi connectivity index (χ2v) is 11.6. The molecule has 5 rings (SSSR count). The second kappa shape index (κ2) is 9.77. The largest absolute Gasteiger partial charge is 0.480 e. The van der Waals surface area contributed by atoms with Gasteiger partial charge >= 0.3 is 5.97 Å². The molecule has 2 aromatic rings. The lowest BCUT2D eigenvalue weighted by Crippen LogP contribution is -2.44. The number of amidine groups is 1. The maximum atomic E-state index is 13.9. The summed E-state index contributed by atoms with van der Waals surface area (Å²) in [6.45, 7) is 6.03. The van der Waals surface area contributed by atoms with Crippen LogP contribution in [0, 0.1) is 5.92 Å². The van der Waals surface area contributed by atoms with Gasteiger partial charge in [0.25, 0.3) is 5.91 Å². The molecular formula is C27H27Cl2N3O3S. The van der Waals surface area contributed by atoms with Crippen molar-refractivity contribution in [2.75, 3.05) is 0 Å². The van der Waals surface area contributed by atoms with Gasteiger partial charge in [-0.15, -0.1) is 0 Å². The van der Waals surface area contributed by atoms with E-state index in [2.05, 4.69) is 18.7 Å². The number of benzene rings is 2. The van der Waals surface area contributed by atoms with Gasteiger partial charge in [0.2, 0.25) is 0 Å². The van der Waals surface area contributed by atoms with Gasteiger partial charge in [0.1, 0.15) is 17.0 Å². The standard InChI is InChI=1S/C27H27Cl2N3O3S/c1-14(2)22-24(25(33)31-15(3)4-13-20(31)26(34)35)36-27-30-21(16-5-9-18(28)10-6-16)23(32(22)27)17-7-11-19(29)12-8-17/h5-12,14-15,20-21,23H,4,13H2,1-3H3,(H,34,35)/t15-,20+,21+,23-/m1/s1. The molecule has 3 aliphatic rings. The highest BCUT2D eigenvalue weighted by molar-refractivity contribution is 8.18. The van der Waals surface area contributed by atoms with Crippen molar-refractivity contribution in [3.8, 4) is 0 Å². The Hall–Kier alpha value is -2.48. The number of amides is 1. The Morgan fingerprint density at radius 2 is 1.58 bits per heavy atom. The summed E-state index contributed by atoms with van der Waals surface area (Å²) in [5.74, 6) is -1.16. The molecule has 6 nitrogen and oxygen atoms in total. The number of halogens is 2. The first-order valence-corrected chi connectivity index (χ1v) is 13.6. The smallest absolute Gasteiger partial charge is 0.326 e. The van der Waals surface area contributed by atoms with Crippen molar-refractivity contribution in [3.05, 3.63) is 80.3 Å². The molecule has 1 amide bonds. The third-order valence-electron chi connectivity index (χ3n) is 7.07. The van der Waals surface area contributed by atoms with Crippen LogP contribution in [0.3, 0.4) is 0 Å². The molecule has 0 saturated carbocycles. The van der Waals surface area contributed by atoms with Crippen LogP contribution < -0.4 is 0 Å². The number of thioether (sulfide) groups is 1. The minimum Gasteiger partial charge on any atom is -0.480 e. The first kappa shape index (κ1) is 25.2. The van der Waals surface area contributed by atoms with E-state index in [0.29, 0.717) is 27.8 Å². The van der Waals surface area contributed by atoms with Crippen molar-refractivity contribution < 1.29 is 14.7 Å². The number of likely N-dealkylation sites (tertiary alicyclic amines) is 1. The Morgan fingerprint density at radius 1 is 1.00 bits per heavy atom. The van der Waals surface area contributed by atoms with Gasteiger partial charge in [0.05, 0.1) is 6.04 Å². The average Bonchev–Trinajstić information content (AvgIpc) is 3.51. The predicted molar refractivity (Wildman–Crippen MR) is 144 cm³/mol. The maximum absolute atomic E-state index is 13.9. The van der Waals surface area contributed by atoms with Gasteiger partial charge in [-0.1, -0.05) is 61.3 Å². The predicted octanol–water partition coefficient (Wildman–Crippen LogP) is 6.53. The third-order valence-corrected chi connectivity index (χ3v) is 8.65. The topological polar surface area (TPSA) is 73.2 Å². The van der Waals surface area contributed by atoms with Gasteiger partial charge in [0.15, 0.2) is 5.17 Å². The summed E-state index contributed by atoms with van der Waals surface area (Å²) in [6, 6.07) is 14.1. The van der Waals surface area contributed by atoms with Crippen LogP contribution in [-0.2, 0) is 9.59 Å². The number of carbonyl (C=O) groups excluding carboxylic acids is 1. The number of carboxylic acid groups (broad SMARTS) is 1. The summed E-state index contributed by atoms with van der Waals surface area (Å²) in [5, 5.41) is 11.8. The normalized spacial score (nSPS) is 25.6. The fraction of sp³-hybridized carbons (Fsp3) is 0.370. The number of hydrogen-bond acceptors (Lipinski definition) is 5. The summed E-state index contributed by atoms with van der Waals surface area (Å²) in [5.41, 5.74) is 2.93. The van der Waals surface area contributed by atoms with E-state index in [9.17, 15) is 14.7 Å². The molecule has 0 spiro atoms. The van der Waals surface area contributed by atoms with Gasteiger partial charge < -0.3 is 14.9 Å². The Bertz CT molecular complexity index is 1260. The van der Waals surface area contributed by atoms with Crippen LogP contribution in [0.15, 0.2) is 64.1 Å². The molecule has 1 fully saturated rings. The molecule has 9 heteroatoms. The summed E-state index contributed by atoms with van der Waals surface area (Å²) >= 11 is 13.7. The molecule has 4 atom stereocenters.